The first kappa shape index (κ1) is 18.6. The van der Waals surface area contributed by atoms with Gasteiger partial charge in [0.15, 0.2) is 0 Å². The monoisotopic (exact) mass is 388 g/mol. The molecule has 2 heterocycles. The van der Waals surface area contributed by atoms with Crippen LogP contribution in [0.25, 0.3) is 22.2 Å². The number of aromatic hydroxyl groups is 1. The van der Waals surface area contributed by atoms with Crippen LogP contribution < -0.4 is 4.74 Å². The van der Waals surface area contributed by atoms with Crippen molar-refractivity contribution in [1.29, 1.82) is 0 Å². The molecule has 0 spiro atoms. The minimum Gasteiger partial charge on any atom is -0.508 e. The molecule has 29 heavy (non-hydrogen) atoms. The molecule has 4 aromatic rings. The molecule has 0 saturated carbocycles. The molecule has 2 aromatic carbocycles. The lowest BCUT2D eigenvalue weighted by Gasteiger charge is -2.13. The molecule has 0 amide bonds. The zero-order valence-corrected chi connectivity index (χ0v) is 16.1. The van der Waals surface area contributed by atoms with Gasteiger partial charge in [0.25, 0.3) is 0 Å². The number of esters is 1. The maximum absolute atomic E-state index is 12.0. The molecule has 2 aromatic heterocycles. The second kappa shape index (κ2) is 7.67. The molecule has 0 atom stereocenters. The molecule has 2 N–H and O–H groups in total. The van der Waals surface area contributed by atoms with Crippen molar-refractivity contribution in [3.05, 3.63) is 77.6 Å². The number of hydrogen-bond donors (Lipinski definition) is 2. The largest absolute Gasteiger partial charge is 0.508 e. The Morgan fingerprint density at radius 2 is 1.93 bits per heavy atom. The van der Waals surface area contributed by atoms with Crippen LogP contribution in [0.3, 0.4) is 0 Å². The van der Waals surface area contributed by atoms with Crippen LogP contribution in [0.15, 0.2) is 60.8 Å². The van der Waals surface area contributed by atoms with E-state index in [1.807, 2.05) is 36.5 Å². The molecule has 0 aliphatic carbocycles. The molecule has 0 fully saturated rings. The Hall–Kier alpha value is -3.80. The van der Waals surface area contributed by atoms with Crippen molar-refractivity contribution < 1.29 is 19.4 Å². The number of rotatable bonds is 5. The number of pyridine rings is 1. The number of hydrogen-bond acceptors (Lipinski definition) is 5. The van der Waals surface area contributed by atoms with Crippen LogP contribution in [0.1, 0.15) is 21.6 Å². The maximum Gasteiger partial charge on any atom is 0.356 e. The fourth-order valence-corrected chi connectivity index (χ4v) is 3.24. The number of benzene rings is 2. The van der Waals surface area contributed by atoms with E-state index in [1.165, 1.54) is 7.11 Å². The Balaban J connectivity index is 1.77. The number of ether oxygens (including phenoxy) is 2. The average Bonchev–Trinajstić information content (AvgIpc) is 3.18. The first-order valence-electron chi connectivity index (χ1n) is 9.14. The van der Waals surface area contributed by atoms with Crippen molar-refractivity contribution in [3.63, 3.8) is 0 Å². The predicted molar refractivity (Wildman–Crippen MR) is 110 cm³/mol. The van der Waals surface area contributed by atoms with E-state index >= 15 is 0 Å². The molecule has 6 nitrogen and oxygen atoms in total. The normalized spacial score (nSPS) is 10.8. The fraction of sp³-hybridized carbons (Fsp3) is 0.130. The van der Waals surface area contributed by atoms with Crippen LogP contribution in [0.4, 0.5) is 0 Å². The molecule has 4 rings (SSSR count). The molecule has 0 unspecified atom stereocenters. The number of para-hydroxylation sites is 1. The summed E-state index contributed by atoms with van der Waals surface area (Å²) in [6.07, 6.45) is 1.87. The minimum absolute atomic E-state index is 0.179. The van der Waals surface area contributed by atoms with Crippen LogP contribution in [-0.4, -0.2) is 28.2 Å². The summed E-state index contributed by atoms with van der Waals surface area (Å²) in [6, 6.07) is 16.5. The van der Waals surface area contributed by atoms with E-state index in [2.05, 4.69) is 9.97 Å². The predicted octanol–water partition coefficient (Wildman–Crippen LogP) is 4.61. The smallest absolute Gasteiger partial charge is 0.356 e. The number of aromatic amines is 1. The first-order chi connectivity index (χ1) is 14.1. The van der Waals surface area contributed by atoms with Crippen molar-refractivity contribution >= 4 is 16.9 Å². The Bertz CT molecular complexity index is 1200. The molecule has 6 heteroatoms. The number of carbonyl (C=O) groups excluding carboxylic acids is 1. The molecule has 0 aliphatic heterocycles. The topological polar surface area (TPSA) is 84.4 Å². The summed E-state index contributed by atoms with van der Waals surface area (Å²) in [5.41, 5.74) is 4.19. The lowest BCUT2D eigenvalue weighted by molar-refractivity contribution is 0.0594. The van der Waals surface area contributed by atoms with Gasteiger partial charge in [-0.3, -0.25) is 0 Å². The zero-order valence-electron chi connectivity index (χ0n) is 16.1. The van der Waals surface area contributed by atoms with Crippen LogP contribution in [0, 0.1) is 6.92 Å². The first-order valence-corrected chi connectivity index (χ1v) is 9.14. The third kappa shape index (κ3) is 3.52. The lowest BCUT2D eigenvalue weighted by atomic mass is 10.0. The third-order valence-electron chi connectivity index (χ3n) is 4.86. The standard InChI is InChI=1S/C23H20N2O4/c1-14-20(26)8-5-9-21(14)29-13-15-10-11-19(23(27)28-2)25-22(15)17-12-24-18-7-4-3-6-16(17)18/h3-12,24,26H,13H2,1-2H3. The van der Waals surface area contributed by atoms with E-state index < -0.39 is 5.97 Å². The van der Waals surface area contributed by atoms with E-state index in [9.17, 15) is 9.90 Å². The van der Waals surface area contributed by atoms with Gasteiger partial charge < -0.3 is 19.6 Å². The van der Waals surface area contributed by atoms with Gasteiger partial charge in [0.05, 0.1) is 12.8 Å². The van der Waals surface area contributed by atoms with E-state index in [1.54, 1.807) is 31.2 Å². The molecular formula is C23H20N2O4. The maximum atomic E-state index is 12.0. The van der Waals surface area contributed by atoms with Gasteiger partial charge in [-0.2, -0.15) is 0 Å². The van der Waals surface area contributed by atoms with E-state index in [-0.39, 0.29) is 18.1 Å². The van der Waals surface area contributed by atoms with Crippen LogP contribution in [0.2, 0.25) is 0 Å². The van der Waals surface area contributed by atoms with Gasteiger partial charge in [-0.05, 0) is 31.2 Å². The van der Waals surface area contributed by atoms with Crippen LogP contribution >= 0.6 is 0 Å². The number of carbonyl (C=O) groups is 1. The summed E-state index contributed by atoms with van der Waals surface area (Å²) in [5.74, 6) is 0.271. The van der Waals surface area contributed by atoms with Crippen molar-refractivity contribution in [1.82, 2.24) is 9.97 Å². The van der Waals surface area contributed by atoms with Gasteiger partial charge >= 0.3 is 5.97 Å². The Morgan fingerprint density at radius 3 is 2.76 bits per heavy atom. The van der Waals surface area contributed by atoms with Crippen molar-refractivity contribution in [3.8, 4) is 22.8 Å². The summed E-state index contributed by atoms with van der Waals surface area (Å²) >= 11 is 0. The third-order valence-corrected chi connectivity index (χ3v) is 4.86. The highest BCUT2D eigenvalue weighted by Crippen LogP contribution is 2.32. The molecule has 0 saturated heterocycles. The van der Waals surface area contributed by atoms with Crippen LogP contribution in [0.5, 0.6) is 11.5 Å². The molecular weight excluding hydrogens is 368 g/mol. The number of aromatic nitrogens is 2. The fourth-order valence-electron chi connectivity index (χ4n) is 3.24. The highest BCUT2D eigenvalue weighted by atomic mass is 16.5. The Kier molecular flexibility index (Phi) is 4.91. The van der Waals surface area contributed by atoms with E-state index in [0.717, 1.165) is 22.0 Å². The SMILES string of the molecule is COC(=O)c1ccc(COc2cccc(O)c2C)c(-c2c[nH]c3ccccc23)n1. The van der Waals surface area contributed by atoms with Gasteiger partial charge in [0.1, 0.15) is 23.8 Å². The van der Waals surface area contributed by atoms with Gasteiger partial charge in [-0.15, -0.1) is 0 Å². The van der Waals surface area contributed by atoms with E-state index in [4.69, 9.17) is 9.47 Å². The number of H-pyrrole nitrogens is 1. The van der Waals surface area contributed by atoms with E-state index in [0.29, 0.717) is 17.0 Å². The average molecular weight is 388 g/mol. The van der Waals surface area contributed by atoms with Gasteiger partial charge in [-0.25, -0.2) is 9.78 Å². The summed E-state index contributed by atoms with van der Waals surface area (Å²) < 4.78 is 10.8. The van der Waals surface area contributed by atoms with Crippen molar-refractivity contribution in [2.75, 3.05) is 7.11 Å². The van der Waals surface area contributed by atoms with Crippen molar-refractivity contribution in [2.45, 2.75) is 13.5 Å². The Morgan fingerprint density at radius 1 is 1.10 bits per heavy atom. The number of phenolic OH excluding ortho intramolecular Hbond substituents is 1. The zero-order chi connectivity index (χ0) is 20.4. The van der Waals surface area contributed by atoms with Gasteiger partial charge in [0.2, 0.25) is 0 Å². The number of nitrogens with one attached hydrogen (secondary N) is 1. The Labute approximate surface area is 167 Å². The molecule has 0 radical (unpaired) electrons. The lowest BCUT2D eigenvalue weighted by Crippen LogP contribution is -2.08. The summed E-state index contributed by atoms with van der Waals surface area (Å²) in [7, 11) is 1.33. The minimum atomic E-state index is -0.498. The summed E-state index contributed by atoms with van der Waals surface area (Å²) in [6.45, 7) is 2.03. The molecule has 0 bridgehead atoms. The number of nitrogens with zero attached hydrogens (tertiary/aromatic N) is 1. The quantitative estimate of drug-likeness (QED) is 0.488. The van der Waals surface area contributed by atoms with Gasteiger partial charge in [0, 0.05) is 33.8 Å². The highest BCUT2D eigenvalue weighted by molar-refractivity contribution is 5.96. The summed E-state index contributed by atoms with van der Waals surface area (Å²) in [5, 5.41) is 10.9. The second-order valence-corrected chi connectivity index (χ2v) is 6.63. The number of fused-ring (bicyclic) bond motifs is 1. The molecule has 0 aliphatic rings. The molecule has 146 valence electrons. The van der Waals surface area contributed by atoms with Crippen LogP contribution in [-0.2, 0) is 11.3 Å². The van der Waals surface area contributed by atoms with Crippen molar-refractivity contribution in [2.24, 2.45) is 0 Å². The number of methoxy groups -OCH3 is 1. The number of phenols is 1. The second-order valence-electron chi connectivity index (χ2n) is 6.63. The van der Waals surface area contributed by atoms with Gasteiger partial charge in [-0.1, -0.05) is 30.3 Å². The highest BCUT2D eigenvalue weighted by Gasteiger charge is 2.17. The summed E-state index contributed by atoms with van der Waals surface area (Å²) in [4.78, 5) is 19.8.